The fourth-order valence-corrected chi connectivity index (χ4v) is 5.11. The van der Waals surface area contributed by atoms with E-state index in [1.54, 1.807) is 0 Å². The van der Waals surface area contributed by atoms with E-state index in [2.05, 4.69) is 47.9 Å². The summed E-state index contributed by atoms with van der Waals surface area (Å²) in [6, 6.07) is 10.5. The zero-order chi connectivity index (χ0) is 18.5. The molecule has 2 heterocycles. The van der Waals surface area contributed by atoms with Crippen molar-refractivity contribution in [1.82, 2.24) is 9.80 Å². The molecule has 0 radical (unpaired) electrons. The predicted molar refractivity (Wildman–Crippen MR) is 115 cm³/mol. The van der Waals surface area contributed by atoms with Gasteiger partial charge in [0.2, 0.25) is 5.91 Å². The van der Waals surface area contributed by atoms with Crippen LogP contribution in [0.15, 0.2) is 30.3 Å². The quantitative estimate of drug-likeness (QED) is 0.737. The fourth-order valence-electron chi connectivity index (χ4n) is 3.96. The van der Waals surface area contributed by atoms with Crippen molar-refractivity contribution < 1.29 is 4.79 Å². The standard InChI is InChI=1S/C20H29N3OS2/c1-16-12-17(2)14-23(13-16)19(24)15-26-20(25)22-10-8-21(9-11-22)18-6-4-3-5-7-18/h3-7,16-17H,8-15H2,1-2H3/t16-,17+. The number of carbonyl (C=O) groups excluding carboxylic acids is 1. The molecule has 0 bridgehead atoms. The van der Waals surface area contributed by atoms with Gasteiger partial charge in [-0.25, -0.2) is 0 Å². The molecule has 2 saturated heterocycles. The first-order valence-corrected chi connectivity index (χ1v) is 10.9. The number of rotatable bonds is 3. The van der Waals surface area contributed by atoms with Gasteiger partial charge in [-0.2, -0.15) is 0 Å². The van der Waals surface area contributed by atoms with Gasteiger partial charge in [0.25, 0.3) is 0 Å². The number of piperazine rings is 1. The minimum atomic E-state index is 0.235. The molecule has 4 nitrogen and oxygen atoms in total. The monoisotopic (exact) mass is 391 g/mol. The van der Waals surface area contributed by atoms with Crippen molar-refractivity contribution in [3.8, 4) is 0 Å². The molecular formula is C20H29N3OS2. The maximum atomic E-state index is 12.5. The zero-order valence-corrected chi connectivity index (χ0v) is 17.4. The summed E-state index contributed by atoms with van der Waals surface area (Å²) in [6.07, 6.45) is 1.22. The number of hydrogen-bond acceptors (Lipinski definition) is 4. The van der Waals surface area contributed by atoms with E-state index in [9.17, 15) is 4.79 Å². The summed E-state index contributed by atoms with van der Waals surface area (Å²) in [6.45, 7) is 10.1. The molecule has 26 heavy (non-hydrogen) atoms. The second-order valence-electron chi connectivity index (χ2n) is 7.61. The highest BCUT2D eigenvalue weighted by Gasteiger charge is 2.26. The molecule has 0 saturated carbocycles. The molecular weight excluding hydrogens is 362 g/mol. The SMILES string of the molecule is C[C@@H]1C[C@H](C)CN(C(=O)CSC(=S)N2CCN(c3ccccc3)CC2)C1. The van der Waals surface area contributed by atoms with E-state index < -0.39 is 0 Å². The van der Waals surface area contributed by atoms with E-state index in [1.165, 1.54) is 23.9 Å². The molecule has 1 amide bonds. The third-order valence-electron chi connectivity index (χ3n) is 5.20. The van der Waals surface area contributed by atoms with Crippen molar-refractivity contribution in [3.63, 3.8) is 0 Å². The normalized spacial score (nSPS) is 23.8. The number of anilines is 1. The summed E-state index contributed by atoms with van der Waals surface area (Å²) in [5.41, 5.74) is 1.27. The number of piperidine rings is 1. The molecule has 142 valence electrons. The van der Waals surface area contributed by atoms with Crippen LogP contribution in [-0.2, 0) is 4.79 Å². The largest absolute Gasteiger partial charge is 0.368 e. The molecule has 2 atom stereocenters. The van der Waals surface area contributed by atoms with E-state index in [-0.39, 0.29) is 5.91 Å². The van der Waals surface area contributed by atoms with E-state index in [4.69, 9.17) is 12.2 Å². The number of nitrogens with zero attached hydrogens (tertiary/aromatic N) is 3. The molecule has 0 spiro atoms. The number of hydrogen-bond donors (Lipinski definition) is 0. The van der Waals surface area contributed by atoms with E-state index in [0.717, 1.165) is 43.6 Å². The highest BCUT2D eigenvalue weighted by atomic mass is 32.2. The topological polar surface area (TPSA) is 26.8 Å². The van der Waals surface area contributed by atoms with Crippen LogP contribution in [0.2, 0.25) is 0 Å². The second kappa shape index (κ2) is 9.09. The van der Waals surface area contributed by atoms with E-state index >= 15 is 0 Å². The number of para-hydroxylation sites is 1. The lowest BCUT2D eigenvalue weighted by Crippen LogP contribution is -2.48. The van der Waals surface area contributed by atoms with Crippen molar-refractivity contribution in [2.45, 2.75) is 20.3 Å². The Balaban J connectivity index is 1.42. The molecule has 3 rings (SSSR count). The number of thioether (sulfide) groups is 1. The third kappa shape index (κ3) is 5.13. The minimum absolute atomic E-state index is 0.235. The summed E-state index contributed by atoms with van der Waals surface area (Å²) in [5, 5.41) is 0. The van der Waals surface area contributed by atoms with Gasteiger partial charge in [0, 0.05) is 45.0 Å². The summed E-state index contributed by atoms with van der Waals surface area (Å²) in [4.78, 5) is 19.2. The van der Waals surface area contributed by atoms with Crippen LogP contribution in [0.25, 0.3) is 0 Å². The van der Waals surface area contributed by atoms with Crippen molar-refractivity contribution >= 4 is 39.9 Å². The first kappa shape index (κ1) is 19.5. The Labute approximate surface area is 166 Å². The molecule has 1 aromatic rings. The number of thiocarbonyl (C=S) groups is 1. The molecule has 2 fully saturated rings. The van der Waals surface area contributed by atoms with Gasteiger partial charge in [0.15, 0.2) is 0 Å². The second-order valence-corrected chi connectivity index (χ2v) is 9.22. The zero-order valence-electron chi connectivity index (χ0n) is 15.8. The first-order chi connectivity index (χ1) is 12.5. The highest BCUT2D eigenvalue weighted by Crippen LogP contribution is 2.23. The molecule has 0 aromatic heterocycles. The lowest BCUT2D eigenvalue weighted by atomic mass is 9.92. The Morgan fingerprint density at radius 1 is 1.04 bits per heavy atom. The van der Waals surface area contributed by atoms with Crippen LogP contribution in [0.3, 0.4) is 0 Å². The van der Waals surface area contributed by atoms with Crippen LogP contribution < -0.4 is 4.90 Å². The van der Waals surface area contributed by atoms with Crippen LogP contribution in [0.5, 0.6) is 0 Å². The number of amides is 1. The molecule has 2 aliphatic heterocycles. The van der Waals surface area contributed by atoms with Crippen LogP contribution in [0, 0.1) is 11.8 Å². The van der Waals surface area contributed by atoms with Crippen LogP contribution in [0.1, 0.15) is 20.3 Å². The molecule has 2 aliphatic rings. The Kier molecular flexibility index (Phi) is 6.81. The lowest BCUT2D eigenvalue weighted by Gasteiger charge is -2.37. The summed E-state index contributed by atoms with van der Waals surface area (Å²) >= 11 is 7.13. The number of benzene rings is 1. The summed E-state index contributed by atoms with van der Waals surface area (Å²) in [7, 11) is 0. The maximum absolute atomic E-state index is 12.5. The summed E-state index contributed by atoms with van der Waals surface area (Å²) < 4.78 is 0.865. The van der Waals surface area contributed by atoms with Gasteiger partial charge in [-0.15, -0.1) is 0 Å². The Morgan fingerprint density at radius 3 is 2.27 bits per heavy atom. The van der Waals surface area contributed by atoms with Gasteiger partial charge in [-0.1, -0.05) is 56.0 Å². The van der Waals surface area contributed by atoms with Gasteiger partial charge >= 0.3 is 0 Å². The van der Waals surface area contributed by atoms with Crippen LogP contribution in [-0.4, -0.2) is 65.0 Å². The van der Waals surface area contributed by atoms with E-state index in [1.807, 2.05) is 11.0 Å². The lowest BCUT2D eigenvalue weighted by molar-refractivity contribution is -0.130. The molecule has 0 N–H and O–H groups in total. The molecule has 1 aromatic carbocycles. The van der Waals surface area contributed by atoms with Crippen molar-refractivity contribution in [1.29, 1.82) is 0 Å². The first-order valence-electron chi connectivity index (χ1n) is 9.52. The molecule has 0 unspecified atom stereocenters. The number of carbonyl (C=O) groups is 1. The van der Waals surface area contributed by atoms with Crippen LogP contribution in [0.4, 0.5) is 5.69 Å². The Morgan fingerprint density at radius 2 is 1.65 bits per heavy atom. The van der Waals surface area contributed by atoms with Crippen molar-refractivity contribution in [2.75, 3.05) is 49.9 Å². The van der Waals surface area contributed by atoms with Crippen molar-refractivity contribution in [2.24, 2.45) is 11.8 Å². The molecule has 0 aliphatic carbocycles. The average Bonchev–Trinajstić information content (AvgIpc) is 2.66. The Hall–Kier alpha value is -1.27. The van der Waals surface area contributed by atoms with Gasteiger partial charge in [-0.3, -0.25) is 4.79 Å². The van der Waals surface area contributed by atoms with Crippen molar-refractivity contribution in [3.05, 3.63) is 30.3 Å². The van der Waals surface area contributed by atoms with Gasteiger partial charge < -0.3 is 14.7 Å². The van der Waals surface area contributed by atoms with Gasteiger partial charge in [0.1, 0.15) is 4.32 Å². The van der Waals surface area contributed by atoms with E-state index in [0.29, 0.717) is 17.6 Å². The maximum Gasteiger partial charge on any atom is 0.233 e. The van der Waals surface area contributed by atoms with Crippen LogP contribution >= 0.6 is 24.0 Å². The predicted octanol–water partition coefficient (Wildman–Crippen LogP) is 3.33. The van der Waals surface area contributed by atoms with Gasteiger partial charge in [0.05, 0.1) is 5.75 Å². The highest BCUT2D eigenvalue weighted by molar-refractivity contribution is 8.23. The summed E-state index contributed by atoms with van der Waals surface area (Å²) in [5.74, 6) is 1.91. The smallest absolute Gasteiger partial charge is 0.233 e. The fraction of sp³-hybridized carbons (Fsp3) is 0.600. The molecule has 6 heteroatoms. The van der Waals surface area contributed by atoms with Gasteiger partial charge in [-0.05, 0) is 30.4 Å². The minimum Gasteiger partial charge on any atom is -0.368 e. The third-order valence-corrected chi connectivity index (χ3v) is 6.71. The Bertz CT molecular complexity index is 607. The average molecular weight is 392 g/mol. The number of likely N-dealkylation sites (tertiary alicyclic amines) is 1.